The van der Waals surface area contributed by atoms with Gasteiger partial charge in [-0.15, -0.1) is 0 Å². The Morgan fingerprint density at radius 3 is 2.76 bits per heavy atom. The van der Waals surface area contributed by atoms with Crippen LogP contribution in [0.3, 0.4) is 0 Å². The van der Waals surface area contributed by atoms with Crippen molar-refractivity contribution in [2.45, 2.75) is 76.6 Å². The molecule has 3 aliphatic rings. The molecule has 3 atom stereocenters. The van der Waals surface area contributed by atoms with E-state index >= 15 is 0 Å². The largest absolute Gasteiger partial charge is 0.489 e. The van der Waals surface area contributed by atoms with Gasteiger partial charge in [-0.25, -0.2) is 0 Å². The number of carbonyl (C=O) groups is 3. The lowest BCUT2D eigenvalue weighted by molar-refractivity contribution is -0.136. The summed E-state index contributed by atoms with van der Waals surface area (Å²) in [6.07, 6.45) is 6.52. The Kier molecular flexibility index (Phi) is 5.85. The Balaban J connectivity index is 1.48. The van der Waals surface area contributed by atoms with Gasteiger partial charge in [-0.05, 0) is 56.0 Å². The van der Waals surface area contributed by atoms with Crippen LogP contribution < -0.4 is 15.4 Å². The highest BCUT2D eigenvalue weighted by molar-refractivity contribution is 6.05. The number of hydrogen-bond acceptors (Lipinski definition) is 5. The summed E-state index contributed by atoms with van der Waals surface area (Å²) in [4.78, 5) is 38.0. The first-order valence-electron chi connectivity index (χ1n) is 10.7. The maximum atomic E-state index is 12.8. The van der Waals surface area contributed by atoms with Crippen molar-refractivity contribution < 1.29 is 19.1 Å². The number of piperidine rings is 1. The first-order valence-corrected chi connectivity index (χ1v) is 10.7. The molecule has 1 saturated heterocycles. The maximum Gasteiger partial charge on any atom is 0.255 e. The van der Waals surface area contributed by atoms with Crippen LogP contribution in [-0.2, 0) is 16.1 Å². The van der Waals surface area contributed by atoms with Crippen LogP contribution in [0.1, 0.15) is 67.8 Å². The molecule has 156 valence electrons. The van der Waals surface area contributed by atoms with E-state index in [-0.39, 0.29) is 30.2 Å². The second-order valence-electron chi connectivity index (χ2n) is 8.18. The van der Waals surface area contributed by atoms with Gasteiger partial charge in [-0.3, -0.25) is 19.7 Å². The molecule has 1 aromatic carbocycles. The highest BCUT2D eigenvalue weighted by atomic mass is 16.5. The summed E-state index contributed by atoms with van der Waals surface area (Å²) in [5.41, 5.74) is 1.50. The fraction of sp³-hybridized carbons (Fsp3) is 0.591. The Labute approximate surface area is 171 Å². The first kappa shape index (κ1) is 19.9. The number of carbonyl (C=O) groups excluding carboxylic acids is 3. The van der Waals surface area contributed by atoms with Gasteiger partial charge in [-0.1, -0.05) is 19.8 Å². The van der Waals surface area contributed by atoms with Crippen LogP contribution in [0, 0.1) is 0 Å². The minimum Gasteiger partial charge on any atom is -0.489 e. The minimum atomic E-state index is -0.586. The number of imide groups is 1. The highest BCUT2D eigenvalue weighted by Crippen LogP contribution is 2.31. The van der Waals surface area contributed by atoms with E-state index in [0.29, 0.717) is 24.6 Å². The molecule has 4 rings (SSSR count). The molecule has 1 aromatic rings. The maximum absolute atomic E-state index is 12.8. The molecule has 7 nitrogen and oxygen atoms in total. The van der Waals surface area contributed by atoms with E-state index in [4.69, 9.17) is 4.74 Å². The number of amides is 3. The van der Waals surface area contributed by atoms with E-state index < -0.39 is 6.04 Å². The highest BCUT2D eigenvalue weighted by Gasteiger charge is 2.39. The van der Waals surface area contributed by atoms with Crippen molar-refractivity contribution in [1.29, 1.82) is 0 Å². The summed E-state index contributed by atoms with van der Waals surface area (Å²) in [5.74, 6) is -0.0342. The van der Waals surface area contributed by atoms with Crippen molar-refractivity contribution in [1.82, 2.24) is 15.5 Å². The second kappa shape index (κ2) is 8.53. The molecule has 2 heterocycles. The van der Waals surface area contributed by atoms with Crippen LogP contribution in [0.4, 0.5) is 0 Å². The summed E-state index contributed by atoms with van der Waals surface area (Å²) < 4.78 is 6.36. The summed E-state index contributed by atoms with van der Waals surface area (Å²) in [5, 5.41) is 5.89. The quantitative estimate of drug-likeness (QED) is 0.585. The van der Waals surface area contributed by atoms with Crippen molar-refractivity contribution in [2.24, 2.45) is 0 Å². The van der Waals surface area contributed by atoms with Gasteiger partial charge in [-0.2, -0.15) is 0 Å². The van der Waals surface area contributed by atoms with Crippen molar-refractivity contribution in [3.05, 3.63) is 29.3 Å². The molecule has 1 unspecified atom stereocenters. The second-order valence-corrected chi connectivity index (χ2v) is 8.18. The first-order chi connectivity index (χ1) is 14.1. The monoisotopic (exact) mass is 399 g/mol. The zero-order chi connectivity index (χ0) is 20.4. The fourth-order valence-electron chi connectivity index (χ4n) is 4.71. The lowest BCUT2D eigenvalue weighted by Crippen LogP contribution is -2.52. The van der Waals surface area contributed by atoms with E-state index in [9.17, 15) is 14.4 Å². The lowest BCUT2D eigenvalue weighted by atomic mass is 10.0. The minimum absolute atomic E-state index is 0.124. The fourth-order valence-corrected chi connectivity index (χ4v) is 4.71. The number of nitrogens with one attached hydrogen (secondary N) is 2. The molecule has 29 heavy (non-hydrogen) atoms. The van der Waals surface area contributed by atoms with Gasteiger partial charge in [0.05, 0.1) is 0 Å². The molecular formula is C22H29N3O4. The van der Waals surface area contributed by atoms with Gasteiger partial charge in [0, 0.05) is 24.6 Å². The standard InChI is InChI=1S/C22H29N3O4/c1-2-23-17-6-4-3-5-7-19(17)29-15-8-9-16-14(12-15)13-25(22(16)28)18-10-11-20(26)24-21(18)27/h8-9,12,17-19,23H,2-7,10-11,13H2,1H3,(H,24,26,27)/t17-,18?,19+/m1/s1. The number of hydrogen-bond donors (Lipinski definition) is 2. The van der Waals surface area contributed by atoms with Crippen molar-refractivity contribution in [3.8, 4) is 5.75 Å². The molecule has 2 aliphatic heterocycles. The molecule has 2 fully saturated rings. The molecule has 0 bridgehead atoms. The molecule has 3 amide bonds. The molecule has 0 spiro atoms. The van der Waals surface area contributed by atoms with Gasteiger partial charge in [0.15, 0.2) is 0 Å². The predicted octanol–water partition coefficient (Wildman–Crippen LogP) is 2.14. The average molecular weight is 399 g/mol. The third-order valence-electron chi connectivity index (χ3n) is 6.20. The Morgan fingerprint density at radius 1 is 1.14 bits per heavy atom. The molecule has 2 N–H and O–H groups in total. The molecule has 1 saturated carbocycles. The lowest BCUT2D eigenvalue weighted by Gasteiger charge is -2.29. The number of ether oxygens (including phenoxy) is 1. The number of nitrogens with zero attached hydrogens (tertiary/aromatic N) is 1. The normalized spacial score (nSPS) is 27.4. The van der Waals surface area contributed by atoms with E-state index in [1.807, 2.05) is 12.1 Å². The molecule has 1 aliphatic carbocycles. The number of benzene rings is 1. The van der Waals surface area contributed by atoms with E-state index in [2.05, 4.69) is 17.6 Å². The number of fused-ring (bicyclic) bond motifs is 1. The van der Waals surface area contributed by atoms with Crippen LogP contribution >= 0.6 is 0 Å². The third-order valence-corrected chi connectivity index (χ3v) is 6.20. The Bertz CT molecular complexity index is 809. The Morgan fingerprint density at radius 2 is 1.97 bits per heavy atom. The number of likely N-dealkylation sites (N-methyl/N-ethyl adjacent to an activating group) is 1. The smallest absolute Gasteiger partial charge is 0.255 e. The van der Waals surface area contributed by atoms with E-state index in [0.717, 1.165) is 30.7 Å². The van der Waals surface area contributed by atoms with E-state index in [1.54, 1.807) is 11.0 Å². The summed E-state index contributed by atoms with van der Waals surface area (Å²) in [6, 6.07) is 5.36. The van der Waals surface area contributed by atoms with Crippen LogP contribution in [0.25, 0.3) is 0 Å². The van der Waals surface area contributed by atoms with Crippen LogP contribution in [-0.4, -0.2) is 47.4 Å². The van der Waals surface area contributed by atoms with Crippen molar-refractivity contribution >= 4 is 17.7 Å². The molecular weight excluding hydrogens is 370 g/mol. The topological polar surface area (TPSA) is 87.7 Å². The van der Waals surface area contributed by atoms with Gasteiger partial charge >= 0.3 is 0 Å². The zero-order valence-electron chi connectivity index (χ0n) is 16.9. The third kappa shape index (κ3) is 4.15. The van der Waals surface area contributed by atoms with E-state index in [1.165, 1.54) is 19.3 Å². The van der Waals surface area contributed by atoms with Crippen LogP contribution in [0.15, 0.2) is 18.2 Å². The predicted molar refractivity (Wildman–Crippen MR) is 107 cm³/mol. The van der Waals surface area contributed by atoms with Gasteiger partial charge in [0.1, 0.15) is 17.9 Å². The number of rotatable bonds is 5. The average Bonchev–Trinajstić information content (AvgIpc) is 2.86. The van der Waals surface area contributed by atoms with Gasteiger partial charge in [0.25, 0.3) is 5.91 Å². The van der Waals surface area contributed by atoms with Gasteiger partial charge < -0.3 is 15.0 Å². The van der Waals surface area contributed by atoms with Crippen molar-refractivity contribution in [2.75, 3.05) is 6.54 Å². The van der Waals surface area contributed by atoms with Crippen molar-refractivity contribution in [3.63, 3.8) is 0 Å². The Hall–Kier alpha value is -2.41. The molecule has 0 radical (unpaired) electrons. The molecule has 7 heteroatoms. The van der Waals surface area contributed by atoms with Crippen LogP contribution in [0.2, 0.25) is 0 Å². The zero-order valence-corrected chi connectivity index (χ0v) is 16.9. The SMILES string of the molecule is CCN[C@@H]1CCCCC[C@@H]1Oc1ccc2c(c1)CN(C1CCC(=O)NC1=O)C2=O. The van der Waals surface area contributed by atoms with Gasteiger partial charge in [0.2, 0.25) is 11.8 Å². The summed E-state index contributed by atoms with van der Waals surface area (Å²) >= 11 is 0. The summed E-state index contributed by atoms with van der Waals surface area (Å²) in [7, 11) is 0. The molecule has 0 aromatic heterocycles. The summed E-state index contributed by atoms with van der Waals surface area (Å²) in [6.45, 7) is 3.41. The van der Waals surface area contributed by atoms with Crippen LogP contribution in [0.5, 0.6) is 5.75 Å².